The number of nitrogens with two attached hydrogens (primary N) is 1. The van der Waals surface area contributed by atoms with Crippen molar-refractivity contribution in [3.63, 3.8) is 0 Å². The first kappa shape index (κ1) is 13.6. The SMILES string of the molecule is Nc1ccc(CSCC(=O)c2ccc(F)cc2)cc1. The lowest BCUT2D eigenvalue weighted by atomic mass is 10.1. The molecule has 2 rings (SSSR count). The third-order valence-electron chi connectivity index (χ3n) is 2.65. The molecule has 2 aromatic carbocycles. The summed E-state index contributed by atoms with van der Waals surface area (Å²) in [4.78, 5) is 11.8. The molecule has 0 radical (unpaired) electrons. The maximum Gasteiger partial charge on any atom is 0.172 e. The van der Waals surface area contributed by atoms with Gasteiger partial charge in [0.1, 0.15) is 5.82 Å². The number of Topliss-reactive ketones (excluding diaryl/α,β-unsaturated/α-hetero) is 1. The minimum absolute atomic E-state index is 0.0143. The molecule has 0 spiro atoms. The smallest absolute Gasteiger partial charge is 0.172 e. The highest BCUT2D eigenvalue weighted by atomic mass is 32.2. The van der Waals surface area contributed by atoms with Crippen molar-refractivity contribution >= 4 is 23.2 Å². The van der Waals surface area contributed by atoms with Gasteiger partial charge in [0.15, 0.2) is 5.78 Å². The van der Waals surface area contributed by atoms with Crippen molar-refractivity contribution in [1.29, 1.82) is 0 Å². The summed E-state index contributed by atoms with van der Waals surface area (Å²) in [6.45, 7) is 0. The molecule has 0 saturated heterocycles. The molecule has 0 heterocycles. The lowest BCUT2D eigenvalue weighted by Gasteiger charge is -2.03. The molecule has 0 saturated carbocycles. The van der Waals surface area contributed by atoms with Crippen LogP contribution in [0.4, 0.5) is 10.1 Å². The first-order valence-corrected chi connectivity index (χ1v) is 7.01. The number of halogens is 1. The summed E-state index contributed by atoms with van der Waals surface area (Å²) in [5.41, 5.74) is 8.01. The number of rotatable bonds is 5. The van der Waals surface area contributed by atoms with Gasteiger partial charge < -0.3 is 5.73 Å². The maximum atomic E-state index is 12.7. The summed E-state index contributed by atoms with van der Waals surface area (Å²) < 4.78 is 12.7. The quantitative estimate of drug-likeness (QED) is 0.670. The molecule has 2 N–H and O–H groups in total. The maximum absolute atomic E-state index is 12.7. The predicted octanol–water partition coefficient (Wildman–Crippen LogP) is 3.52. The third kappa shape index (κ3) is 4.10. The van der Waals surface area contributed by atoms with E-state index in [1.165, 1.54) is 36.0 Å². The van der Waals surface area contributed by atoms with E-state index in [2.05, 4.69) is 0 Å². The first-order valence-electron chi connectivity index (χ1n) is 5.86. The molecule has 0 aliphatic rings. The summed E-state index contributed by atoms with van der Waals surface area (Å²) >= 11 is 1.54. The highest BCUT2D eigenvalue weighted by Gasteiger charge is 2.06. The van der Waals surface area contributed by atoms with Crippen LogP contribution in [0, 0.1) is 5.82 Å². The topological polar surface area (TPSA) is 43.1 Å². The largest absolute Gasteiger partial charge is 0.399 e. The normalized spacial score (nSPS) is 10.4. The second-order valence-corrected chi connectivity index (χ2v) is 5.15. The predicted molar refractivity (Wildman–Crippen MR) is 77.7 cm³/mol. The Labute approximate surface area is 115 Å². The van der Waals surface area contributed by atoms with Crippen molar-refractivity contribution in [2.45, 2.75) is 5.75 Å². The van der Waals surface area contributed by atoms with Crippen molar-refractivity contribution in [2.75, 3.05) is 11.5 Å². The lowest BCUT2D eigenvalue weighted by molar-refractivity contribution is 0.102. The van der Waals surface area contributed by atoms with E-state index in [1.54, 1.807) is 0 Å². The number of carbonyl (C=O) groups is 1. The van der Waals surface area contributed by atoms with Crippen LogP contribution in [-0.2, 0) is 5.75 Å². The molecule has 0 aliphatic carbocycles. The summed E-state index contributed by atoms with van der Waals surface area (Å²) in [7, 11) is 0. The second-order valence-electron chi connectivity index (χ2n) is 4.16. The summed E-state index contributed by atoms with van der Waals surface area (Å²) in [5, 5.41) is 0. The van der Waals surface area contributed by atoms with Crippen LogP contribution in [0.5, 0.6) is 0 Å². The van der Waals surface area contributed by atoms with Crippen LogP contribution in [0.3, 0.4) is 0 Å². The van der Waals surface area contributed by atoms with Crippen LogP contribution < -0.4 is 5.73 Å². The van der Waals surface area contributed by atoms with Crippen LogP contribution >= 0.6 is 11.8 Å². The Morgan fingerprint density at radius 3 is 2.32 bits per heavy atom. The average molecular weight is 275 g/mol. The van der Waals surface area contributed by atoms with Gasteiger partial charge in [-0.05, 0) is 42.0 Å². The number of nitrogen functional groups attached to an aromatic ring is 1. The Bertz CT molecular complexity index is 551. The fourth-order valence-corrected chi connectivity index (χ4v) is 2.48. The molecular weight excluding hydrogens is 261 g/mol. The fourth-order valence-electron chi connectivity index (χ4n) is 1.59. The zero-order chi connectivity index (χ0) is 13.7. The van der Waals surface area contributed by atoms with Gasteiger partial charge in [0.25, 0.3) is 0 Å². The van der Waals surface area contributed by atoms with E-state index in [9.17, 15) is 9.18 Å². The van der Waals surface area contributed by atoms with Crippen molar-refractivity contribution in [2.24, 2.45) is 0 Å². The molecule has 0 bridgehead atoms. The summed E-state index contributed by atoms with van der Waals surface area (Å²) in [6, 6.07) is 13.2. The van der Waals surface area contributed by atoms with Gasteiger partial charge in [0.05, 0.1) is 5.75 Å². The minimum atomic E-state index is -0.328. The Morgan fingerprint density at radius 2 is 1.68 bits per heavy atom. The highest BCUT2D eigenvalue weighted by Crippen LogP contribution is 2.15. The van der Waals surface area contributed by atoms with Gasteiger partial charge in [-0.15, -0.1) is 11.8 Å². The lowest BCUT2D eigenvalue weighted by Crippen LogP contribution is -2.02. The molecule has 0 amide bonds. The Kier molecular flexibility index (Phi) is 4.58. The summed E-state index contributed by atoms with van der Waals surface area (Å²) in [6.07, 6.45) is 0. The van der Waals surface area contributed by atoms with Crippen LogP contribution in [-0.4, -0.2) is 11.5 Å². The second kappa shape index (κ2) is 6.38. The van der Waals surface area contributed by atoms with Crippen molar-refractivity contribution in [3.05, 3.63) is 65.5 Å². The number of hydrogen-bond acceptors (Lipinski definition) is 3. The van der Waals surface area contributed by atoms with E-state index in [0.717, 1.165) is 17.0 Å². The molecule has 4 heteroatoms. The summed E-state index contributed by atoms with van der Waals surface area (Å²) in [5.74, 6) is 0.829. The first-order chi connectivity index (χ1) is 9.15. The zero-order valence-electron chi connectivity index (χ0n) is 10.3. The van der Waals surface area contributed by atoms with E-state index >= 15 is 0 Å². The van der Waals surface area contributed by atoms with Crippen molar-refractivity contribution in [3.8, 4) is 0 Å². The van der Waals surface area contributed by atoms with Gasteiger partial charge in [0.2, 0.25) is 0 Å². The Balaban J connectivity index is 1.84. The Hall–Kier alpha value is -1.81. The average Bonchev–Trinajstić information content (AvgIpc) is 2.41. The number of benzene rings is 2. The molecular formula is C15H14FNOS. The molecule has 2 nitrogen and oxygen atoms in total. The molecule has 19 heavy (non-hydrogen) atoms. The van der Waals surface area contributed by atoms with Gasteiger partial charge in [-0.25, -0.2) is 4.39 Å². The van der Waals surface area contributed by atoms with Gasteiger partial charge in [-0.2, -0.15) is 0 Å². The molecule has 0 aromatic heterocycles. The molecule has 0 aliphatic heterocycles. The van der Waals surface area contributed by atoms with Crippen LogP contribution in [0.1, 0.15) is 15.9 Å². The Morgan fingerprint density at radius 1 is 1.05 bits per heavy atom. The fraction of sp³-hybridized carbons (Fsp3) is 0.133. The van der Waals surface area contributed by atoms with Gasteiger partial charge in [-0.3, -0.25) is 4.79 Å². The van der Waals surface area contributed by atoms with Crippen molar-refractivity contribution in [1.82, 2.24) is 0 Å². The van der Waals surface area contributed by atoms with E-state index in [1.807, 2.05) is 24.3 Å². The highest BCUT2D eigenvalue weighted by molar-refractivity contribution is 7.99. The van der Waals surface area contributed by atoms with Gasteiger partial charge in [-0.1, -0.05) is 12.1 Å². The van der Waals surface area contributed by atoms with Crippen LogP contribution in [0.2, 0.25) is 0 Å². The third-order valence-corrected chi connectivity index (χ3v) is 3.65. The standard InChI is InChI=1S/C15H14FNOS/c16-13-5-3-12(4-6-13)15(18)10-19-9-11-1-7-14(17)8-2-11/h1-8H,9-10,17H2. The van der Waals surface area contributed by atoms with Gasteiger partial charge in [0, 0.05) is 17.0 Å². The van der Waals surface area contributed by atoms with Crippen LogP contribution in [0.15, 0.2) is 48.5 Å². The number of ketones is 1. The molecule has 2 aromatic rings. The number of anilines is 1. The zero-order valence-corrected chi connectivity index (χ0v) is 11.1. The monoisotopic (exact) mass is 275 g/mol. The molecule has 98 valence electrons. The minimum Gasteiger partial charge on any atom is -0.399 e. The number of hydrogen-bond donors (Lipinski definition) is 1. The van der Waals surface area contributed by atoms with E-state index < -0.39 is 0 Å². The van der Waals surface area contributed by atoms with E-state index in [4.69, 9.17) is 5.73 Å². The number of carbonyl (C=O) groups excluding carboxylic acids is 1. The van der Waals surface area contributed by atoms with Crippen molar-refractivity contribution < 1.29 is 9.18 Å². The van der Waals surface area contributed by atoms with E-state index in [0.29, 0.717) is 11.3 Å². The molecule has 0 unspecified atom stereocenters. The van der Waals surface area contributed by atoms with Crippen LogP contribution in [0.25, 0.3) is 0 Å². The molecule has 0 atom stereocenters. The van der Waals surface area contributed by atoms with E-state index in [-0.39, 0.29) is 11.6 Å². The van der Waals surface area contributed by atoms with Gasteiger partial charge >= 0.3 is 0 Å². The number of thioether (sulfide) groups is 1. The molecule has 0 fully saturated rings.